The number of rotatable bonds is 5. The molecule has 1 heterocycles. The van der Waals surface area contributed by atoms with Crippen molar-refractivity contribution < 1.29 is 9.90 Å². The van der Waals surface area contributed by atoms with E-state index in [0.29, 0.717) is 21.4 Å². The second kappa shape index (κ2) is 10.3. The molecule has 3 rings (SSSR count). The summed E-state index contributed by atoms with van der Waals surface area (Å²) in [5.41, 5.74) is 0.358. The van der Waals surface area contributed by atoms with Crippen molar-refractivity contribution in [3.05, 3.63) is 84.5 Å². The molecule has 0 radical (unpaired) electrons. The summed E-state index contributed by atoms with van der Waals surface area (Å²) in [6.07, 6.45) is 0. The number of aromatic hydroxyl groups is 1. The lowest BCUT2D eigenvalue weighted by molar-refractivity contribution is -0.113. The fourth-order valence-corrected chi connectivity index (χ4v) is 4.23. The molecule has 2 N–H and O–H groups in total. The number of hydrogen-bond donors (Lipinski definition) is 2. The summed E-state index contributed by atoms with van der Waals surface area (Å²) in [4.78, 5) is 42.0. The van der Waals surface area contributed by atoms with Gasteiger partial charge in [0.2, 0.25) is 11.8 Å². The average molecular weight is 507 g/mol. The van der Waals surface area contributed by atoms with Crippen LogP contribution in [-0.2, 0) is 18.9 Å². The van der Waals surface area contributed by atoms with E-state index in [9.17, 15) is 19.5 Å². The van der Waals surface area contributed by atoms with E-state index in [1.807, 2.05) is 19.1 Å². The number of benzene rings is 2. The number of aromatic nitrogens is 2. The first kappa shape index (κ1) is 24.6. The molecule has 0 unspecified atom stereocenters. The Morgan fingerprint density at radius 3 is 2.27 bits per heavy atom. The van der Waals surface area contributed by atoms with E-state index in [1.54, 1.807) is 24.3 Å². The first-order chi connectivity index (χ1) is 15.6. The third-order valence-electron chi connectivity index (χ3n) is 4.60. The number of hydrogen-bond acceptors (Lipinski definition) is 6. The van der Waals surface area contributed by atoms with Crippen LogP contribution in [0.5, 0.6) is 5.88 Å². The topological polar surface area (TPSA) is 106 Å². The summed E-state index contributed by atoms with van der Waals surface area (Å²) in [5, 5.41) is 14.1. The third-order valence-corrected chi connectivity index (χ3v) is 6.01. The number of anilines is 1. The molecule has 0 saturated heterocycles. The van der Waals surface area contributed by atoms with Gasteiger partial charge in [0, 0.05) is 29.8 Å². The van der Waals surface area contributed by atoms with Gasteiger partial charge in [0.1, 0.15) is 10.6 Å². The van der Waals surface area contributed by atoms with Crippen LogP contribution in [0, 0.1) is 6.92 Å². The van der Waals surface area contributed by atoms with Gasteiger partial charge in [-0.25, -0.2) is 9.79 Å². The molecular formula is C22H20Cl2N4O4S. The molecule has 8 nitrogen and oxygen atoms in total. The van der Waals surface area contributed by atoms with Gasteiger partial charge in [-0.2, -0.15) is 0 Å². The van der Waals surface area contributed by atoms with Crippen LogP contribution in [0.1, 0.15) is 11.1 Å². The Balaban J connectivity index is 1.97. The minimum atomic E-state index is -0.726. The second-order valence-corrected chi connectivity index (χ2v) is 8.99. The zero-order valence-electron chi connectivity index (χ0n) is 17.9. The molecule has 3 aromatic rings. The summed E-state index contributed by atoms with van der Waals surface area (Å²) >= 11 is 12.9. The standard InChI is InChI=1S/C22H20Cl2N4O4S/c1-12-4-6-15(7-5-12)26-19(18-20(30)27(2)22(32)28(3)21(18)31)33-11-17(29)25-16-9-13(23)8-14(24)10-16/h4-10,30H,11H2,1-3H3,(H,25,29). The molecule has 33 heavy (non-hydrogen) atoms. The summed E-state index contributed by atoms with van der Waals surface area (Å²) < 4.78 is 1.81. The lowest BCUT2D eigenvalue weighted by atomic mass is 10.2. The van der Waals surface area contributed by atoms with Crippen LogP contribution in [-0.4, -0.2) is 30.9 Å². The highest BCUT2D eigenvalue weighted by atomic mass is 35.5. The molecule has 0 spiro atoms. The van der Waals surface area contributed by atoms with Crippen molar-refractivity contribution in [1.29, 1.82) is 0 Å². The highest BCUT2D eigenvalue weighted by Crippen LogP contribution is 2.25. The summed E-state index contributed by atoms with van der Waals surface area (Å²) in [6, 6.07) is 11.8. The highest BCUT2D eigenvalue weighted by Gasteiger charge is 2.22. The SMILES string of the molecule is Cc1ccc(N=C(SCC(=O)Nc2cc(Cl)cc(Cl)c2)c2c(O)n(C)c(=O)n(C)c2=O)cc1. The Kier molecular flexibility index (Phi) is 7.68. The van der Waals surface area contributed by atoms with Gasteiger partial charge in [-0.1, -0.05) is 52.7 Å². The lowest BCUT2D eigenvalue weighted by Gasteiger charge is -2.13. The van der Waals surface area contributed by atoms with Gasteiger partial charge < -0.3 is 10.4 Å². The number of aliphatic imine (C=N–C) groups is 1. The van der Waals surface area contributed by atoms with Crippen LogP contribution in [0.3, 0.4) is 0 Å². The van der Waals surface area contributed by atoms with Crippen LogP contribution in [0.25, 0.3) is 0 Å². The van der Waals surface area contributed by atoms with E-state index >= 15 is 0 Å². The van der Waals surface area contributed by atoms with Gasteiger partial charge in [-0.3, -0.25) is 18.7 Å². The van der Waals surface area contributed by atoms with E-state index < -0.39 is 23.0 Å². The lowest BCUT2D eigenvalue weighted by Crippen LogP contribution is -2.39. The predicted molar refractivity (Wildman–Crippen MR) is 134 cm³/mol. The minimum Gasteiger partial charge on any atom is -0.494 e. The van der Waals surface area contributed by atoms with E-state index in [1.165, 1.54) is 20.2 Å². The molecule has 0 bridgehead atoms. The monoisotopic (exact) mass is 506 g/mol. The van der Waals surface area contributed by atoms with E-state index in [2.05, 4.69) is 10.3 Å². The fourth-order valence-electron chi connectivity index (χ4n) is 2.87. The maximum atomic E-state index is 12.8. The van der Waals surface area contributed by atoms with Crippen molar-refractivity contribution in [1.82, 2.24) is 9.13 Å². The molecule has 0 aliphatic rings. The highest BCUT2D eigenvalue weighted by molar-refractivity contribution is 8.15. The van der Waals surface area contributed by atoms with Gasteiger partial charge >= 0.3 is 5.69 Å². The number of amides is 1. The molecule has 0 fully saturated rings. The summed E-state index contributed by atoms with van der Waals surface area (Å²) in [7, 11) is 2.64. The Morgan fingerprint density at radius 1 is 1.06 bits per heavy atom. The number of carbonyl (C=O) groups is 1. The summed E-state index contributed by atoms with van der Waals surface area (Å²) in [6.45, 7) is 1.92. The smallest absolute Gasteiger partial charge is 0.333 e. The zero-order valence-corrected chi connectivity index (χ0v) is 20.3. The molecule has 172 valence electrons. The molecule has 0 atom stereocenters. The van der Waals surface area contributed by atoms with Crippen molar-refractivity contribution >= 4 is 57.3 Å². The van der Waals surface area contributed by atoms with Crippen molar-refractivity contribution in [3.8, 4) is 5.88 Å². The molecular weight excluding hydrogens is 487 g/mol. The van der Waals surface area contributed by atoms with E-state index in [4.69, 9.17) is 23.2 Å². The molecule has 11 heteroatoms. The molecule has 0 saturated carbocycles. The van der Waals surface area contributed by atoms with Gasteiger partial charge in [-0.15, -0.1) is 0 Å². The van der Waals surface area contributed by atoms with Gasteiger partial charge in [0.05, 0.1) is 11.4 Å². The Hall–Kier alpha value is -3.01. The third kappa shape index (κ3) is 5.87. The predicted octanol–water partition coefficient (Wildman–Crippen LogP) is 3.86. The Bertz CT molecular complexity index is 1340. The second-order valence-electron chi connectivity index (χ2n) is 7.15. The van der Waals surface area contributed by atoms with Crippen LogP contribution in [0.2, 0.25) is 10.0 Å². The number of nitrogens with one attached hydrogen (secondary N) is 1. The Labute approximate surface area is 203 Å². The van der Waals surface area contributed by atoms with Crippen molar-refractivity contribution in [2.75, 3.05) is 11.1 Å². The van der Waals surface area contributed by atoms with E-state index in [0.717, 1.165) is 26.5 Å². The largest absolute Gasteiger partial charge is 0.494 e. The van der Waals surface area contributed by atoms with Gasteiger partial charge in [0.25, 0.3) is 5.56 Å². The van der Waals surface area contributed by atoms with Crippen LogP contribution in [0.4, 0.5) is 11.4 Å². The summed E-state index contributed by atoms with van der Waals surface area (Å²) in [5.74, 6) is -1.08. The normalized spacial score (nSPS) is 11.5. The number of aryl methyl sites for hydroxylation is 1. The van der Waals surface area contributed by atoms with Crippen LogP contribution < -0.4 is 16.6 Å². The number of carbonyl (C=O) groups excluding carboxylic acids is 1. The van der Waals surface area contributed by atoms with Crippen LogP contribution in [0.15, 0.2) is 57.0 Å². The minimum absolute atomic E-state index is 0.0897. The Morgan fingerprint density at radius 2 is 1.67 bits per heavy atom. The first-order valence-electron chi connectivity index (χ1n) is 9.60. The number of halogens is 2. The van der Waals surface area contributed by atoms with Crippen molar-refractivity contribution in [2.24, 2.45) is 19.1 Å². The molecule has 0 aliphatic heterocycles. The van der Waals surface area contributed by atoms with Gasteiger partial charge in [0.15, 0.2) is 0 Å². The quantitative estimate of drug-likeness (QED) is 0.403. The molecule has 0 aliphatic carbocycles. The van der Waals surface area contributed by atoms with E-state index in [-0.39, 0.29) is 16.4 Å². The van der Waals surface area contributed by atoms with Crippen molar-refractivity contribution in [3.63, 3.8) is 0 Å². The maximum absolute atomic E-state index is 12.8. The fraction of sp³-hybridized carbons (Fsp3) is 0.182. The van der Waals surface area contributed by atoms with Crippen molar-refractivity contribution in [2.45, 2.75) is 6.92 Å². The average Bonchev–Trinajstić information content (AvgIpc) is 2.75. The van der Waals surface area contributed by atoms with Gasteiger partial charge in [-0.05, 0) is 37.3 Å². The maximum Gasteiger partial charge on any atom is 0.333 e. The number of nitrogens with zero attached hydrogens (tertiary/aromatic N) is 3. The zero-order chi connectivity index (χ0) is 24.3. The molecule has 2 aromatic carbocycles. The molecule has 1 amide bonds. The van der Waals surface area contributed by atoms with Crippen LogP contribution >= 0.6 is 35.0 Å². The number of thioether (sulfide) groups is 1. The molecule has 1 aromatic heterocycles. The first-order valence-corrected chi connectivity index (χ1v) is 11.3.